The molecule has 0 bridgehead atoms. The van der Waals surface area contributed by atoms with Crippen LogP contribution < -0.4 is 5.32 Å². The van der Waals surface area contributed by atoms with Crippen LogP contribution in [0.15, 0.2) is 18.2 Å². The highest BCUT2D eigenvalue weighted by Crippen LogP contribution is 2.71. The summed E-state index contributed by atoms with van der Waals surface area (Å²) in [6.45, 7) is 22.8. The number of amides is 1. The fourth-order valence-corrected chi connectivity index (χ4v) is 20.1. The minimum atomic E-state index is -0.649. The first-order chi connectivity index (χ1) is 36.7. The van der Waals surface area contributed by atoms with Crippen LogP contribution in [-0.4, -0.2) is 86.3 Å². The molecular weight excluding hydrogens is 1000 g/mol. The van der Waals surface area contributed by atoms with E-state index in [1.807, 2.05) is 14.2 Å². The average molecular weight is 1110 g/mol. The Morgan fingerprint density at radius 2 is 1.14 bits per heavy atom. The van der Waals surface area contributed by atoms with Crippen molar-refractivity contribution in [3.8, 4) is 0 Å². The number of hydrogen-bond donors (Lipinski definition) is 2. The third-order valence-electron chi connectivity index (χ3n) is 24.0. The molecule has 8 aliphatic carbocycles. The van der Waals surface area contributed by atoms with Crippen LogP contribution in [0.4, 0.5) is 5.69 Å². The lowest BCUT2D eigenvalue weighted by molar-refractivity contribution is -0.385. The van der Waals surface area contributed by atoms with Gasteiger partial charge in [-0.1, -0.05) is 41.5 Å². The first kappa shape index (κ1) is 62.9. The summed E-state index contributed by atoms with van der Waals surface area (Å²) in [5.74, 6) is 6.20. The molecule has 2 N–H and O–H groups in total. The first-order valence-electron chi connectivity index (χ1n) is 30.9. The number of nitro groups is 1. The minimum absolute atomic E-state index is 0. The highest BCUT2D eigenvalue weighted by Gasteiger charge is 2.65. The molecule has 8 fully saturated rings. The maximum absolute atomic E-state index is 12.9. The second-order valence-electron chi connectivity index (χ2n) is 27.2. The maximum atomic E-state index is 12.9. The van der Waals surface area contributed by atoms with Gasteiger partial charge in [0, 0.05) is 58.4 Å². The lowest BCUT2D eigenvalue weighted by atomic mass is 9.43. The number of nitrogens with zero attached hydrogens (tertiary/aromatic N) is 1. The molecule has 0 saturated heterocycles. The number of rotatable bonds is 19. The number of carboxylic acid groups (broad SMARTS) is 1. The van der Waals surface area contributed by atoms with Crippen molar-refractivity contribution < 1.29 is 48.1 Å². The second-order valence-corrected chi connectivity index (χ2v) is 27.2. The number of carboxylic acids is 1. The van der Waals surface area contributed by atoms with Crippen LogP contribution in [0, 0.1) is 103 Å². The van der Waals surface area contributed by atoms with Crippen LogP contribution in [0.25, 0.3) is 0 Å². The van der Waals surface area contributed by atoms with E-state index in [0.29, 0.717) is 107 Å². The summed E-state index contributed by atoms with van der Waals surface area (Å²) in [6.07, 6.45) is 23.5. The summed E-state index contributed by atoms with van der Waals surface area (Å²) >= 11 is 0. The lowest BCUT2D eigenvalue weighted by Crippen LogP contribution is -2.59. The summed E-state index contributed by atoms with van der Waals surface area (Å²) in [5.41, 5.74) is 1.65. The molecule has 0 spiro atoms. The number of carbonyl (C=O) groups excluding carboxylic acids is 2. The molecule has 442 valence electrons. The molecule has 9 unspecified atom stereocenters. The van der Waals surface area contributed by atoms with Crippen LogP contribution >= 0.6 is 9.90 Å². The number of fused-ring (bicyclic) bond motifs is 10. The van der Waals surface area contributed by atoms with Gasteiger partial charge in [0.1, 0.15) is 6.61 Å². The normalized spacial score (nSPS) is 40.1. The Hall–Kier alpha value is -2.70. The lowest BCUT2D eigenvalue weighted by Gasteiger charge is -2.63. The van der Waals surface area contributed by atoms with Gasteiger partial charge in [-0.3, -0.25) is 24.5 Å². The molecule has 0 heterocycles. The van der Waals surface area contributed by atoms with Gasteiger partial charge in [-0.2, -0.15) is 9.90 Å². The molecular formula is C64H105N2O11P. The molecule has 1 aromatic carbocycles. The van der Waals surface area contributed by atoms with E-state index >= 15 is 0 Å². The fourth-order valence-electron chi connectivity index (χ4n) is 20.1. The van der Waals surface area contributed by atoms with E-state index < -0.39 is 10.9 Å². The smallest absolute Gasteiger partial charge is 0.306 e. The number of benzene rings is 1. The predicted octanol–water partition coefficient (Wildman–Crippen LogP) is 13.7. The van der Waals surface area contributed by atoms with Gasteiger partial charge >= 0.3 is 11.9 Å². The zero-order valence-corrected chi connectivity index (χ0v) is 51.5. The third kappa shape index (κ3) is 12.3. The first-order valence-corrected chi connectivity index (χ1v) is 30.9. The van der Waals surface area contributed by atoms with E-state index in [1.165, 1.54) is 115 Å². The Morgan fingerprint density at radius 1 is 0.679 bits per heavy atom. The zero-order valence-electron chi connectivity index (χ0n) is 50.1. The molecule has 78 heavy (non-hydrogen) atoms. The Labute approximate surface area is 472 Å². The van der Waals surface area contributed by atoms with Crippen LogP contribution in [0.2, 0.25) is 0 Å². The van der Waals surface area contributed by atoms with Crippen molar-refractivity contribution in [3.63, 3.8) is 0 Å². The van der Waals surface area contributed by atoms with Gasteiger partial charge in [0.25, 0.3) is 11.6 Å². The van der Waals surface area contributed by atoms with Gasteiger partial charge in [0.05, 0.1) is 34.9 Å². The van der Waals surface area contributed by atoms with Crippen molar-refractivity contribution in [2.45, 2.75) is 222 Å². The largest absolute Gasteiger partial charge is 0.481 e. The van der Waals surface area contributed by atoms with Crippen LogP contribution in [-0.2, 0) is 39.9 Å². The third-order valence-corrected chi connectivity index (χ3v) is 24.0. The van der Waals surface area contributed by atoms with Gasteiger partial charge in [-0.25, -0.2) is 0 Å². The summed E-state index contributed by atoms with van der Waals surface area (Å²) < 4.78 is 30.3. The van der Waals surface area contributed by atoms with E-state index in [-0.39, 0.29) is 57.0 Å². The molecule has 9 rings (SSSR count). The van der Waals surface area contributed by atoms with Crippen LogP contribution in [0.1, 0.15) is 207 Å². The van der Waals surface area contributed by atoms with Crippen molar-refractivity contribution in [1.82, 2.24) is 5.32 Å². The fraction of sp³-hybridized carbons (Fsp3) is 0.859. The molecule has 0 aromatic heterocycles. The van der Waals surface area contributed by atoms with Gasteiger partial charge in [-0.15, -0.1) is 0 Å². The number of nitrogens with one attached hydrogen (secondary N) is 1. The van der Waals surface area contributed by atoms with Gasteiger partial charge in [0.15, 0.2) is 0 Å². The van der Waals surface area contributed by atoms with Gasteiger partial charge in [0.2, 0.25) is 0 Å². The van der Waals surface area contributed by atoms with Crippen LogP contribution in [0.5, 0.6) is 0 Å². The van der Waals surface area contributed by atoms with E-state index in [0.717, 1.165) is 50.2 Å². The summed E-state index contributed by atoms with van der Waals surface area (Å²) in [7, 11) is 3.87. The highest BCUT2D eigenvalue weighted by molar-refractivity contribution is 6.92. The SMILES string of the molecule is CCNC(=O)c1ccc(COC(=O)CC[C@H](C)C2CCC3C4C(CC[C@@]32C)[C@@]2(C)CC[C@@H](OCC)C[C@H]2C[C@H]4OC)c([N+](=O)[O-])c1.CCO[C@@H]1CC[C@]2(C)C3CC[C@@]4(C)C(CCC4[C@@H](C)CCC(=O)O)C3[C@H](OC)C[C@@H]2C1.P. The summed E-state index contributed by atoms with van der Waals surface area (Å²) in [6, 6.07) is 4.28. The number of carbonyl (C=O) groups is 3. The van der Waals surface area contributed by atoms with Crippen molar-refractivity contribution in [3.05, 3.63) is 39.4 Å². The summed E-state index contributed by atoms with van der Waals surface area (Å²) in [5, 5.41) is 23.5. The number of esters is 1. The molecule has 13 nitrogen and oxygen atoms in total. The molecule has 21 atom stereocenters. The average Bonchev–Trinajstić information content (AvgIpc) is 3.87. The monoisotopic (exact) mass is 1110 g/mol. The number of methoxy groups -OCH3 is 2. The molecule has 1 amide bonds. The van der Waals surface area contributed by atoms with E-state index in [1.54, 1.807) is 6.92 Å². The Bertz CT molecular complexity index is 2210. The van der Waals surface area contributed by atoms with E-state index in [2.05, 4.69) is 60.7 Å². The van der Waals surface area contributed by atoms with Crippen molar-refractivity contribution >= 4 is 33.4 Å². The van der Waals surface area contributed by atoms with Crippen molar-refractivity contribution in [1.29, 1.82) is 0 Å². The summed E-state index contributed by atoms with van der Waals surface area (Å²) in [4.78, 5) is 47.3. The van der Waals surface area contributed by atoms with Crippen LogP contribution in [0.3, 0.4) is 0 Å². The maximum Gasteiger partial charge on any atom is 0.306 e. The molecule has 8 aliphatic rings. The number of aliphatic carboxylic acids is 1. The highest BCUT2D eigenvalue weighted by atomic mass is 31.0. The van der Waals surface area contributed by atoms with Crippen molar-refractivity contribution in [2.24, 2.45) is 92.7 Å². The van der Waals surface area contributed by atoms with Crippen molar-refractivity contribution in [2.75, 3.05) is 34.0 Å². The number of hydrogen-bond acceptors (Lipinski definition) is 10. The molecule has 1 aromatic rings. The topological polar surface area (TPSA) is 173 Å². The van der Waals surface area contributed by atoms with Gasteiger partial charge < -0.3 is 34.1 Å². The van der Waals surface area contributed by atoms with E-state index in [4.69, 9.17) is 23.7 Å². The molecule has 8 saturated carbocycles. The van der Waals surface area contributed by atoms with Gasteiger partial charge in [-0.05, 0) is 241 Å². The molecule has 0 radical (unpaired) electrons. The number of nitro benzene ring substituents is 1. The Morgan fingerprint density at radius 3 is 1.58 bits per heavy atom. The molecule has 0 aliphatic heterocycles. The standard InChI is InChI=1S/C37H56N2O7.C27H46O4.H3P/c1-7-38-35(41)24-10-11-25(31(19-24)39(42)43)22-46-33(40)14-9-23(3)28-12-13-29-34-30(16-18-37(28,29)5)36(4)17-15-27(45-8-2)20-26(36)21-32(34)44-6;1-6-31-19-11-13-26(3)18(15-19)16-23(30-5)25-21-9-8-20(17(2)7-10-24(28)29)27(21,4)14-12-22(25)26;/h10-11,19,23,26-30,32,34H,7-9,12-18,20-22H2,1-6H3,(H,38,41);17-23,25H,6-16H2,1-5H3,(H,28,29);1H3/t23-,26-,27+,28?,29?,30?,32+,34?,36-,37+;17-,18-,19+,20?,21?,22?,23+,25?,26-,27+;/m00./s1. The molecule has 14 heteroatoms. The zero-order chi connectivity index (χ0) is 55.6. The Balaban J connectivity index is 0.000000240. The predicted molar refractivity (Wildman–Crippen MR) is 310 cm³/mol. The second kappa shape index (κ2) is 26.3. The Kier molecular flexibility index (Phi) is 21.2. The number of ether oxygens (including phenoxy) is 5. The quantitative estimate of drug-likeness (QED) is 0.0584. The minimum Gasteiger partial charge on any atom is -0.481 e. The van der Waals surface area contributed by atoms with E-state index in [9.17, 15) is 29.6 Å².